The monoisotopic (exact) mass is 608 g/mol. The SMILES string of the molecule is C[Si]1(C)Cc2ccc(cc2)[C@@H]2[C@@H](c3ccncc3)[C@@H](c3ccncc3)[C@@H]2c2ccc(cc2)C[Si](C)(C)Cc2cccc(c2)C1. The molecule has 0 spiro atoms. The number of fused-ring (bicyclic) bond motifs is 2. The number of aromatic nitrogens is 2. The van der Waals surface area contributed by atoms with Crippen molar-refractivity contribution in [2.75, 3.05) is 0 Å². The lowest BCUT2D eigenvalue weighted by atomic mass is 9.49. The molecule has 4 aliphatic rings. The fourth-order valence-electron chi connectivity index (χ4n) is 8.48. The van der Waals surface area contributed by atoms with E-state index in [1.165, 1.54) is 68.7 Å². The van der Waals surface area contributed by atoms with Gasteiger partial charge in [0.05, 0.1) is 16.1 Å². The lowest BCUT2D eigenvalue weighted by Crippen LogP contribution is -2.40. The predicted molar refractivity (Wildman–Crippen MR) is 189 cm³/mol. The molecule has 0 amide bonds. The number of benzene rings is 3. The fraction of sp³-hybridized carbons (Fsp3) is 0.300. The van der Waals surface area contributed by atoms with Crippen molar-refractivity contribution >= 4 is 16.1 Å². The minimum atomic E-state index is -1.49. The van der Waals surface area contributed by atoms with E-state index < -0.39 is 16.1 Å². The van der Waals surface area contributed by atoms with E-state index >= 15 is 0 Å². The molecule has 222 valence electrons. The maximum atomic E-state index is 4.38. The number of nitrogens with zero attached hydrogens (tertiary/aromatic N) is 2. The zero-order valence-corrected chi connectivity index (χ0v) is 28.6. The van der Waals surface area contributed by atoms with Crippen molar-refractivity contribution in [1.82, 2.24) is 9.97 Å². The Kier molecular flexibility index (Phi) is 7.76. The maximum Gasteiger partial charge on any atom is 0.0561 e. The van der Waals surface area contributed by atoms with Gasteiger partial charge in [0.25, 0.3) is 0 Å². The van der Waals surface area contributed by atoms with Crippen LogP contribution in [0.15, 0.2) is 122 Å². The van der Waals surface area contributed by atoms with Crippen LogP contribution in [0.2, 0.25) is 26.2 Å². The maximum absolute atomic E-state index is 4.38. The Balaban J connectivity index is 1.34. The first-order valence-electron chi connectivity index (χ1n) is 16.3. The van der Waals surface area contributed by atoms with E-state index in [0.717, 1.165) is 0 Å². The number of rotatable bonds is 2. The second-order valence-corrected chi connectivity index (χ2v) is 25.1. The predicted octanol–water partition coefficient (Wildman–Crippen LogP) is 9.38. The molecule has 0 N–H and O–H groups in total. The van der Waals surface area contributed by atoms with Gasteiger partial charge in [-0.3, -0.25) is 9.97 Å². The van der Waals surface area contributed by atoms with Crippen molar-refractivity contribution in [3.05, 3.63) is 166 Å². The summed E-state index contributed by atoms with van der Waals surface area (Å²) in [5, 5.41) is 0. The molecule has 3 aromatic carbocycles. The van der Waals surface area contributed by atoms with Gasteiger partial charge in [-0.25, -0.2) is 0 Å². The van der Waals surface area contributed by atoms with Gasteiger partial charge in [0, 0.05) is 24.8 Å². The Hall–Kier alpha value is -3.61. The van der Waals surface area contributed by atoms with E-state index in [2.05, 4.69) is 133 Å². The van der Waals surface area contributed by atoms with Gasteiger partial charge in [0.2, 0.25) is 0 Å². The Morgan fingerprint density at radius 2 is 0.727 bits per heavy atom. The topological polar surface area (TPSA) is 25.8 Å². The molecule has 1 aliphatic carbocycles. The Labute approximate surface area is 265 Å². The molecule has 0 radical (unpaired) electrons. The van der Waals surface area contributed by atoms with Crippen LogP contribution in [-0.2, 0) is 24.2 Å². The fourth-order valence-corrected chi connectivity index (χ4v) is 14.1. The number of pyridine rings is 2. The summed E-state index contributed by atoms with van der Waals surface area (Å²) >= 11 is 0. The summed E-state index contributed by atoms with van der Waals surface area (Å²) in [5.41, 5.74) is 11.7. The smallest absolute Gasteiger partial charge is 0.0561 e. The molecule has 6 bridgehead atoms. The molecule has 2 aromatic heterocycles. The van der Waals surface area contributed by atoms with Gasteiger partial charge in [-0.2, -0.15) is 0 Å². The van der Waals surface area contributed by atoms with Gasteiger partial charge in [-0.1, -0.05) is 121 Å². The molecule has 5 heterocycles. The van der Waals surface area contributed by atoms with Gasteiger partial charge in [-0.05, 0) is 94.4 Å². The molecule has 5 aromatic rings. The minimum Gasteiger partial charge on any atom is -0.265 e. The third-order valence-electron chi connectivity index (χ3n) is 10.2. The molecule has 0 unspecified atom stereocenters. The average Bonchev–Trinajstić information content (AvgIpc) is 2.98. The van der Waals surface area contributed by atoms with Crippen LogP contribution in [0.1, 0.15) is 68.2 Å². The Morgan fingerprint density at radius 3 is 1.09 bits per heavy atom. The van der Waals surface area contributed by atoms with Crippen LogP contribution in [0.4, 0.5) is 0 Å². The molecule has 4 heteroatoms. The van der Waals surface area contributed by atoms with E-state index in [4.69, 9.17) is 0 Å². The van der Waals surface area contributed by atoms with Gasteiger partial charge >= 0.3 is 0 Å². The average molecular weight is 609 g/mol. The normalized spacial score (nSPS) is 23.9. The molecule has 44 heavy (non-hydrogen) atoms. The van der Waals surface area contributed by atoms with Crippen LogP contribution < -0.4 is 0 Å². The van der Waals surface area contributed by atoms with Crippen molar-refractivity contribution in [3.63, 3.8) is 0 Å². The van der Waals surface area contributed by atoms with Crippen molar-refractivity contribution in [2.24, 2.45) is 0 Å². The zero-order valence-electron chi connectivity index (χ0n) is 26.6. The van der Waals surface area contributed by atoms with Crippen LogP contribution in [-0.4, -0.2) is 26.1 Å². The van der Waals surface area contributed by atoms with Crippen LogP contribution in [0.3, 0.4) is 0 Å². The number of hydrogen-bond acceptors (Lipinski definition) is 2. The lowest BCUT2D eigenvalue weighted by molar-refractivity contribution is 0.228. The van der Waals surface area contributed by atoms with Gasteiger partial charge in [0.15, 0.2) is 0 Å². The first-order chi connectivity index (χ1) is 21.2. The largest absolute Gasteiger partial charge is 0.265 e. The van der Waals surface area contributed by atoms with Crippen LogP contribution in [0, 0.1) is 0 Å². The molecular formula is C40H44N2Si2. The zero-order chi connectivity index (χ0) is 30.3. The van der Waals surface area contributed by atoms with Crippen LogP contribution >= 0.6 is 0 Å². The summed E-state index contributed by atoms with van der Waals surface area (Å²) in [7, 11) is -2.99. The molecule has 4 atom stereocenters. The third kappa shape index (κ3) is 6.03. The standard InChI is InChI=1S/C40H44N2Si2/c1-43(2)25-29-8-12-33(13-9-29)37-38(40(36-18-22-42-23-19-36)39(37)35-16-20-41-21-17-35)34-14-10-30(11-15-34)26-44(3,4)28-32-7-5-6-31(24-32)27-43/h5-24,37-40H,25-28H2,1-4H3/t37-,38+,39+,40-. The van der Waals surface area contributed by atoms with E-state index in [0.29, 0.717) is 23.7 Å². The second kappa shape index (κ2) is 11.7. The lowest BCUT2D eigenvalue weighted by Gasteiger charge is -2.53. The quantitative estimate of drug-likeness (QED) is 0.187. The Bertz CT molecular complexity index is 1590. The summed E-state index contributed by atoms with van der Waals surface area (Å²) in [6.07, 6.45) is 7.84. The summed E-state index contributed by atoms with van der Waals surface area (Å²) in [5.74, 6) is 1.56. The summed E-state index contributed by atoms with van der Waals surface area (Å²) < 4.78 is 0. The first kappa shape index (κ1) is 29.1. The summed E-state index contributed by atoms with van der Waals surface area (Å²) in [6.45, 7) is 10.3. The van der Waals surface area contributed by atoms with Crippen molar-refractivity contribution in [1.29, 1.82) is 0 Å². The molecule has 9 rings (SSSR count). The molecule has 3 aliphatic heterocycles. The Morgan fingerprint density at radius 1 is 0.409 bits per heavy atom. The van der Waals surface area contributed by atoms with Gasteiger partial charge < -0.3 is 0 Å². The van der Waals surface area contributed by atoms with Crippen LogP contribution in [0.25, 0.3) is 0 Å². The van der Waals surface area contributed by atoms with E-state index in [9.17, 15) is 0 Å². The van der Waals surface area contributed by atoms with E-state index in [-0.39, 0.29) is 0 Å². The highest BCUT2D eigenvalue weighted by Gasteiger charge is 2.52. The van der Waals surface area contributed by atoms with Crippen molar-refractivity contribution < 1.29 is 0 Å². The molecule has 1 saturated carbocycles. The highest BCUT2D eigenvalue weighted by molar-refractivity contribution is 6.76. The summed E-state index contributed by atoms with van der Waals surface area (Å²) in [6, 6.07) is 42.9. The van der Waals surface area contributed by atoms with Crippen molar-refractivity contribution in [3.8, 4) is 0 Å². The molecule has 1 fully saturated rings. The first-order valence-corrected chi connectivity index (χ1v) is 23.1. The minimum absolute atomic E-state index is 0.383. The van der Waals surface area contributed by atoms with Gasteiger partial charge in [-0.15, -0.1) is 0 Å². The molecular weight excluding hydrogens is 565 g/mol. The van der Waals surface area contributed by atoms with Gasteiger partial charge in [0.1, 0.15) is 0 Å². The highest BCUT2D eigenvalue weighted by atomic mass is 28.3. The van der Waals surface area contributed by atoms with E-state index in [1.807, 2.05) is 24.8 Å². The van der Waals surface area contributed by atoms with Crippen molar-refractivity contribution in [2.45, 2.75) is 74.0 Å². The molecule has 0 saturated heterocycles. The third-order valence-corrected chi connectivity index (χ3v) is 15.6. The second-order valence-electron chi connectivity index (χ2n) is 15.0. The van der Waals surface area contributed by atoms with E-state index in [1.54, 1.807) is 0 Å². The highest BCUT2D eigenvalue weighted by Crippen LogP contribution is 2.66. The molecule has 2 nitrogen and oxygen atoms in total. The van der Waals surface area contributed by atoms with Crippen LogP contribution in [0.5, 0.6) is 0 Å². The number of hydrogen-bond donors (Lipinski definition) is 0. The summed E-state index contributed by atoms with van der Waals surface area (Å²) in [4.78, 5) is 8.75.